The third-order valence-electron chi connectivity index (χ3n) is 5.05. The molecule has 2 aliphatic rings. The quantitative estimate of drug-likeness (QED) is 0.781. The predicted molar refractivity (Wildman–Crippen MR) is 69.4 cm³/mol. The minimum atomic E-state index is 0.331. The number of piperidine rings is 1. The molecule has 0 radical (unpaired) electrons. The number of nitrogens with zero attached hydrogens (tertiary/aromatic N) is 1. The number of likely N-dealkylation sites (tertiary alicyclic amines) is 1. The standard InChI is InChI=1S/C14H28N2/c1-12-6-4-8-14(12,10-15)16-9-5-7-13(2,3)11-16/h12H,4-11,15H2,1-3H3. The maximum Gasteiger partial charge on any atom is 0.0357 e. The smallest absolute Gasteiger partial charge is 0.0357 e. The van der Waals surface area contributed by atoms with E-state index in [0.29, 0.717) is 11.0 Å². The summed E-state index contributed by atoms with van der Waals surface area (Å²) in [6.07, 6.45) is 6.78. The van der Waals surface area contributed by atoms with Gasteiger partial charge in [-0.1, -0.05) is 27.2 Å². The van der Waals surface area contributed by atoms with E-state index in [2.05, 4.69) is 25.7 Å². The van der Waals surface area contributed by atoms with Gasteiger partial charge in [0.05, 0.1) is 0 Å². The minimum Gasteiger partial charge on any atom is -0.329 e. The van der Waals surface area contributed by atoms with E-state index in [4.69, 9.17) is 5.73 Å². The van der Waals surface area contributed by atoms with E-state index in [1.165, 1.54) is 45.2 Å². The topological polar surface area (TPSA) is 29.3 Å². The molecule has 0 aromatic heterocycles. The van der Waals surface area contributed by atoms with Crippen molar-refractivity contribution in [2.45, 2.75) is 58.4 Å². The van der Waals surface area contributed by atoms with E-state index in [-0.39, 0.29) is 0 Å². The Bertz CT molecular complexity index is 249. The lowest BCUT2D eigenvalue weighted by molar-refractivity contribution is -0.000230. The maximum absolute atomic E-state index is 6.14. The van der Waals surface area contributed by atoms with Crippen molar-refractivity contribution in [3.05, 3.63) is 0 Å². The van der Waals surface area contributed by atoms with Gasteiger partial charge in [-0.3, -0.25) is 4.90 Å². The van der Waals surface area contributed by atoms with Gasteiger partial charge in [0.2, 0.25) is 0 Å². The van der Waals surface area contributed by atoms with Gasteiger partial charge in [0.15, 0.2) is 0 Å². The summed E-state index contributed by atoms with van der Waals surface area (Å²) in [5.41, 5.74) is 6.96. The van der Waals surface area contributed by atoms with E-state index in [1.54, 1.807) is 0 Å². The van der Waals surface area contributed by atoms with Crippen LogP contribution in [0.2, 0.25) is 0 Å². The van der Waals surface area contributed by atoms with Crippen LogP contribution in [-0.4, -0.2) is 30.1 Å². The Hall–Kier alpha value is -0.0800. The molecule has 2 rings (SSSR count). The fourth-order valence-corrected chi connectivity index (χ4v) is 3.93. The van der Waals surface area contributed by atoms with Gasteiger partial charge in [-0.15, -0.1) is 0 Å². The van der Waals surface area contributed by atoms with Crippen molar-refractivity contribution in [2.24, 2.45) is 17.1 Å². The molecule has 0 spiro atoms. The van der Waals surface area contributed by atoms with Crippen LogP contribution < -0.4 is 5.73 Å². The number of nitrogens with two attached hydrogens (primary N) is 1. The molecule has 1 heterocycles. The highest BCUT2D eigenvalue weighted by atomic mass is 15.2. The van der Waals surface area contributed by atoms with Gasteiger partial charge in [0, 0.05) is 18.6 Å². The molecule has 16 heavy (non-hydrogen) atoms. The van der Waals surface area contributed by atoms with Crippen LogP contribution in [0.4, 0.5) is 0 Å². The lowest BCUT2D eigenvalue weighted by atomic mass is 9.78. The first-order valence-corrected chi connectivity index (χ1v) is 6.95. The normalized spacial score (nSPS) is 40.1. The third-order valence-corrected chi connectivity index (χ3v) is 5.05. The van der Waals surface area contributed by atoms with Crippen molar-refractivity contribution < 1.29 is 0 Å². The molecule has 0 bridgehead atoms. The van der Waals surface area contributed by atoms with E-state index >= 15 is 0 Å². The van der Waals surface area contributed by atoms with Crippen molar-refractivity contribution in [3.8, 4) is 0 Å². The van der Waals surface area contributed by atoms with Gasteiger partial charge in [-0.2, -0.15) is 0 Å². The number of hydrogen-bond acceptors (Lipinski definition) is 2. The fraction of sp³-hybridized carbons (Fsp3) is 1.00. The summed E-state index contributed by atoms with van der Waals surface area (Å²) < 4.78 is 0. The van der Waals surface area contributed by atoms with Gasteiger partial charge in [0.1, 0.15) is 0 Å². The van der Waals surface area contributed by atoms with Crippen LogP contribution in [0, 0.1) is 11.3 Å². The number of hydrogen-bond donors (Lipinski definition) is 1. The second-order valence-corrected chi connectivity index (χ2v) is 6.79. The Balaban J connectivity index is 2.15. The summed E-state index contributed by atoms with van der Waals surface area (Å²) in [5.74, 6) is 0.784. The molecule has 0 aromatic rings. The summed E-state index contributed by atoms with van der Waals surface area (Å²) in [6.45, 7) is 10.6. The highest BCUT2D eigenvalue weighted by Gasteiger charge is 2.46. The summed E-state index contributed by atoms with van der Waals surface area (Å²) in [6, 6.07) is 0. The van der Waals surface area contributed by atoms with Crippen LogP contribution in [0.15, 0.2) is 0 Å². The molecule has 1 saturated carbocycles. The van der Waals surface area contributed by atoms with Crippen molar-refractivity contribution >= 4 is 0 Å². The monoisotopic (exact) mass is 224 g/mol. The van der Waals surface area contributed by atoms with Gasteiger partial charge in [0.25, 0.3) is 0 Å². The van der Waals surface area contributed by atoms with Crippen LogP contribution in [0.1, 0.15) is 52.9 Å². The van der Waals surface area contributed by atoms with Crippen molar-refractivity contribution in [2.75, 3.05) is 19.6 Å². The Kier molecular flexibility index (Phi) is 3.33. The average molecular weight is 224 g/mol. The highest BCUT2D eigenvalue weighted by molar-refractivity contribution is 5.02. The van der Waals surface area contributed by atoms with Crippen LogP contribution in [0.3, 0.4) is 0 Å². The van der Waals surface area contributed by atoms with Gasteiger partial charge >= 0.3 is 0 Å². The molecule has 2 N–H and O–H groups in total. The van der Waals surface area contributed by atoms with Crippen LogP contribution in [0.25, 0.3) is 0 Å². The average Bonchev–Trinajstić information content (AvgIpc) is 2.59. The van der Waals surface area contributed by atoms with E-state index < -0.39 is 0 Å². The van der Waals surface area contributed by atoms with E-state index in [1.807, 2.05) is 0 Å². The van der Waals surface area contributed by atoms with Crippen LogP contribution in [-0.2, 0) is 0 Å². The molecule has 2 fully saturated rings. The van der Waals surface area contributed by atoms with Crippen molar-refractivity contribution in [1.29, 1.82) is 0 Å². The summed E-state index contributed by atoms with van der Waals surface area (Å²) in [4.78, 5) is 2.73. The number of rotatable bonds is 2. The molecule has 94 valence electrons. The van der Waals surface area contributed by atoms with Crippen LogP contribution >= 0.6 is 0 Å². The second-order valence-electron chi connectivity index (χ2n) is 6.79. The van der Waals surface area contributed by atoms with Crippen LogP contribution in [0.5, 0.6) is 0 Å². The summed E-state index contributed by atoms with van der Waals surface area (Å²) in [5, 5.41) is 0. The van der Waals surface area contributed by atoms with Crippen molar-refractivity contribution in [1.82, 2.24) is 4.90 Å². The molecule has 2 atom stereocenters. The zero-order valence-electron chi connectivity index (χ0n) is 11.3. The minimum absolute atomic E-state index is 0.331. The molecule has 1 aliphatic heterocycles. The van der Waals surface area contributed by atoms with E-state index in [0.717, 1.165) is 12.5 Å². The molecular formula is C14H28N2. The summed E-state index contributed by atoms with van der Waals surface area (Å²) >= 11 is 0. The molecule has 2 heteroatoms. The first kappa shape index (κ1) is 12.4. The molecule has 0 aromatic carbocycles. The lowest BCUT2D eigenvalue weighted by Crippen LogP contribution is -2.59. The zero-order valence-corrected chi connectivity index (χ0v) is 11.3. The fourth-order valence-electron chi connectivity index (χ4n) is 3.93. The zero-order chi connectivity index (χ0) is 11.8. The Morgan fingerprint density at radius 1 is 1.25 bits per heavy atom. The first-order valence-electron chi connectivity index (χ1n) is 6.95. The SMILES string of the molecule is CC1CCCC1(CN)N1CCCC(C)(C)C1. The lowest BCUT2D eigenvalue weighted by Gasteiger charge is -2.50. The van der Waals surface area contributed by atoms with Gasteiger partial charge in [-0.05, 0) is 43.6 Å². The third kappa shape index (κ3) is 2.02. The molecule has 2 unspecified atom stereocenters. The molecule has 0 amide bonds. The predicted octanol–water partition coefficient (Wildman–Crippen LogP) is 2.63. The molecular weight excluding hydrogens is 196 g/mol. The van der Waals surface area contributed by atoms with Crippen molar-refractivity contribution in [3.63, 3.8) is 0 Å². The van der Waals surface area contributed by atoms with Gasteiger partial charge < -0.3 is 5.73 Å². The largest absolute Gasteiger partial charge is 0.329 e. The molecule has 1 aliphatic carbocycles. The molecule has 2 nitrogen and oxygen atoms in total. The Morgan fingerprint density at radius 3 is 2.50 bits per heavy atom. The molecule has 1 saturated heterocycles. The first-order chi connectivity index (χ1) is 7.50. The maximum atomic E-state index is 6.14. The second kappa shape index (κ2) is 4.30. The highest BCUT2D eigenvalue weighted by Crippen LogP contribution is 2.43. The van der Waals surface area contributed by atoms with E-state index in [9.17, 15) is 0 Å². The Labute approximate surface area is 101 Å². The summed E-state index contributed by atoms with van der Waals surface area (Å²) in [7, 11) is 0. The Morgan fingerprint density at radius 2 is 2.00 bits per heavy atom. The van der Waals surface area contributed by atoms with Gasteiger partial charge in [-0.25, -0.2) is 0 Å².